The molecule has 1 atom stereocenters. The number of hydrogen-bond donors (Lipinski definition) is 2. The Balaban J connectivity index is 1.77. The van der Waals surface area contributed by atoms with E-state index in [1.165, 1.54) is 12.1 Å². The fraction of sp³-hybridized carbons (Fsp3) is 0.381. The van der Waals surface area contributed by atoms with Gasteiger partial charge in [0.25, 0.3) is 0 Å². The highest BCUT2D eigenvalue weighted by molar-refractivity contribution is 7.89. The molecule has 2 N–H and O–H groups in total. The molecule has 1 aliphatic rings. The van der Waals surface area contributed by atoms with E-state index in [0.717, 1.165) is 31.5 Å². The van der Waals surface area contributed by atoms with Crippen LogP contribution < -0.4 is 10.0 Å². The van der Waals surface area contributed by atoms with Gasteiger partial charge < -0.3 is 5.32 Å². The summed E-state index contributed by atoms with van der Waals surface area (Å²) in [5.74, 6) is -0.107. The molecular weight excluding hydrogens is 374 g/mol. The number of hydrogen-bond acceptors (Lipinski definition) is 4. The van der Waals surface area contributed by atoms with Crippen LogP contribution in [0.15, 0.2) is 59.5 Å². The minimum absolute atomic E-state index is 0.107. The normalized spacial score (nSPS) is 16.2. The average molecular weight is 402 g/mol. The summed E-state index contributed by atoms with van der Waals surface area (Å²) in [6.07, 6.45) is 2.18. The summed E-state index contributed by atoms with van der Waals surface area (Å²) >= 11 is 0. The summed E-state index contributed by atoms with van der Waals surface area (Å²) in [6.45, 7) is 5.33. The largest absolute Gasteiger partial charge is 0.324 e. The molecule has 0 saturated carbocycles. The Kier molecular flexibility index (Phi) is 6.49. The van der Waals surface area contributed by atoms with E-state index in [2.05, 4.69) is 14.9 Å². The van der Waals surface area contributed by atoms with E-state index in [-0.39, 0.29) is 22.9 Å². The van der Waals surface area contributed by atoms with E-state index >= 15 is 0 Å². The Morgan fingerprint density at radius 1 is 0.964 bits per heavy atom. The molecule has 2 aromatic rings. The third kappa shape index (κ3) is 4.98. The van der Waals surface area contributed by atoms with Crippen LogP contribution in [0, 0.1) is 0 Å². The van der Waals surface area contributed by atoms with Gasteiger partial charge in [-0.3, -0.25) is 9.69 Å². The van der Waals surface area contributed by atoms with Gasteiger partial charge in [-0.15, -0.1) is 0 Å². The lowest BCUT2D eigenvalue weighted by Gasteiger charge is -2.27. The zero-order valence-corrected chi connectivity index (χ0v) is 17.1. The van der Waals surface area contributed by atoms with Gasteiger partial charge in [-0.05, 0) is 69.6 Å². The maximum absolute atomic E-state index is 13.0. The second kappa shape index (κ2) is 8.86. The Morgan fingerprint density at radius 3 is 2.14 bits per heavy atom. The molecule has 0 spiro atoms. The molecule has 1 fully saturated rings. The number of carbonyl (C=O) groups is 1. The second-order valence-electron chi connectivity index (χ2n) is 7.35. The molecule has 1 unspecified atom stereocenters. The van der Waals surface area contributed by atoms with Crippen LogP contribution in [0.5, 0.6) is 0 Å². The van der Waals surface area contributed by atoms with Crippen molar-refractivity contribution in [2.45, 2.75) is 43.7 Å². The number of anilines is 1. The molecule has 0 aliphatic carbocycles. The van der Waals surface area contributed by atoms with E-state index < -0.39 is 10.0 Å². The zero-order valence-electron chi connectivity index (χ0n) is 16.3. The van der Waals surface area contributed by atoms with E-state index in [0.29, 0.717) is 5.69 Å². The SMILES string of the molecule is CC(C)NS(=O)(=O)c1ccc(NC(=O)C(c2ccccc2)N2CCCC2)cc1. The summed E-state index contributed by atoms with van der Waals surface area (Å²) in [4.78, 5) is 15.4. The minimum Gasteiger partial charge on any atom is -0.324 e. The van der Waals surface area contributed by atoms with Crippen LogP contribution in [0.1, 0.15) is 38.3 Å². The smallest absolute Gasteiger partial charge is 0.246 e. The van der Waals surface area contributed by atoms with Crippen molar-refractivity contribution >= 4 is 21.6 Å². The van der Waals surface area contributed by atoms with Crippen LogP contribution in [0.25, 0.3) is 0 Å². The second-order valence-corrected chi connectivity index (χ2v) is 9.06. The molecule has 1 amide bonds. The lowest BCUT2D eigenvalue weighted by molar-refractivity contribution is -0.121. The molecule has 1 saturated heterocycles. The predicted octanol–water partition coefficient (Wildman–Crippen LogP) is 3.15. The van der Waals surface area contributed by atoms with Gasteiger partial charge in [0.15, 0.2) is 0 Å². The highest BCUT2D eigenvalue weighted by Crippen LogP contribution is 2.27. The minimum atomic E-state index is -3.55. The fourth-order valence-corrected chi connectivity index (χ4v) is 4.72. The number of sulfonamides is 1. The molecule has 0 radical (unpaired) electrons. The Morgan fingerprint density at radius 2 is 1.57 bits per heavy atom. The van der Waals surface area contributed by atoms with Crippen molar-refractivity contribution in [1.82, 2.24) is 9.62 Å². The van der Waals surface area contributed by atoms with Crippen LogP contribution >= 0.6 is 0 Å². The van der Waals surface area contributed by atoms with Crippen LogP contribution in [0.2, 0.25) is 0 Å². The Labute approximate surface area is 167 Å². The molecule has 7 heteroatoms. The first-order chi connectivity index (χ1) is 13.4. The molecule has 6 nitrogen and oxygen atoms in total. The highest BCUT2D eigenvalue weighted by Gasteiger charge is 2.29. The monoisotopic (exact) mass is 401 g/mol. The molecule has 3 rings (SSSR count). The average Bonchev–Trinajstić information content (AvgIpc) is 3.16. The third-order valence-corrected chi connectivity index (χ3v) is 6.37. The van der Waals surface area contributed by atoms with E-state index in [4.69, 9.17) is 0 Å². The molecule has 28 heavy (non-hydrogen) atoms. The molecule has 1 aliphatic heterocycles. The van der Waals surface area contributed by atoms with Crippen molar-refractivity contribution in [3.63, 3.8) is 0 Å². The van der Waals surface area contributed by atoms with Crippen LogP contribution in [0.4, 0.5) is 5.69 Å². The molecule has 0 bridgehead atoms. The van der Waals surface area contributed by atoms with Gasteiger partial charge in [0.2, 0.25) is 15.9 Å². The first-order valence-corrected chi connectivity index (χ1v) is 11.1. The number of nitrogens with one attached hydrogen (secondary N) is 2. The molecule has 150 valence electrons. The summed E-state index contributed by atoms with van der Waals surface area (Å²) in [5.41, 5.74) is 1.54. The lowest BCUT2D eigenvalue weighted by atomic mass is 10.0. The van der Waals surface area contributed by atoms with Crippen molar-refractivity contribution in [3.8, 4) is 0 Å². The topological polar surface area (TPSA) is 78.5 Å². The third-order valence-electron chi connectivity index (χ3n) is 4.69. The van der Waals surface area contributed by atoms with E-state index in [1.54, 1.807) is 26.0 Å². The van der Waals surface area contributed by atoms with Crippen molar-refractivity contribution in [1.29, 1.82) is 0 Å². The number of carbonyl (C=O) groups excluding carboxylic acids is 1. The maximum Gasteiger partial charge on any atom is 0.246 e. The number of rotatable bonds is 7. The quantitative estimate of drug-likeness (QED) is 0.747. The highest BCUT2D eigenvalue weighted by atomic mass is 32.2. The molecule has 1 heterocycles. The first kappa shape index (κ1) is 20.5. The Bertz CT molecular complexity index is 890. The van der Waals surface area contributed by atoms with Crippen molar-refractivity contribution in [2.24, 2.45) is 0 Å². The number of likely N-dealkylation sites (tertiary alicyclic amines) is 1. The fourth-order valence-electron chi connectivity index (χ4n) is 3.47. The van der Waals surface area contributed by atoms with E-state index in [9.17, 15) is 13.2 Å². The standard InChI is InChI=1S/C21H27N3O3S/c1-16(2)23-28(26,27)19-12-10-18(11-13-19)22-21(25)20(24-14-6-7-15-24)17-8-4-3-5-9-17/h3-5,8-13,16,20,23H,6-7,14-15H2,1-2H3,(H,22,25). The number of amides is 1. The lowest BCUT2D eigenvalue weighted by Crippen LogP contribution is -2.35. The first-order valence-electron chi connectivity index (χ1n) is 9.59. The zero-order chi connectivity index (χ0) is 20.1. The van der Waals surface area contributed by atoms with Crippen molar-refractivity contribution in [2.75, 3.05) is 18.4 Å². The summed E-state index contributed by atoms with van der Waals surface area (Å²) in [6, 6.07) is 15.5. The number of nitrogens with zero attached hydrogens (tertiary/aromatic N) is 1. The van der Waals surface area contributed by atoms with Gasteiger partial charge in [-0.2, -0.15) is 0 Å². The predicted molar refractivity (Wildman–Crippen MR) is 111 cm³/mol. The van der Waals surface area contributed by atoms with Gasteiger partial charge in [-0.25, -0.2) is 13.1 Å². The van der Waals surface area contributed by atoms with Crippen LogP contribution in [0.3, 0.4) is 0 Å². The van der Waals surface area contributed by atoms with Gasteiger partial charge >= 0.3 is 0 Å². The van der Waals surface area contributed by atoms with Gasteiger partial charge in [0.05, 0.1) is 4.90 Å². The maximum atomic E-state index is 13.0. The number of benzene rings is 2. The summed E-state index contributed by atoms with van der Waals surface area (Å²) in [7, 11) is -3.55. The molecule has 0 aromatic heterocycles. The van der Waals surface area contributed by atoms with Gasteiger partial charge in [-0.1, -0.05) is 30.3 Å². The Hall–Kier alpha value is -2.22. The van der Waals surface area contributed by atoms with Gasteiger partial charge in [0, 0.05) is 11.7 Å². The van der Waals surface area contributed by atoms with Crippen LogP contribution in [-0.2, 0) is 14.8 Å². The molecular formula is C21H27N3O3S. The van der Waals surface area contributed by atoms with Crippen molar-refractivity contribution < 1.29 is 13.2 Å². The molecule has 2 aromatic carbocycles. The van der Waals surface area contributed by atoms with E-state index in [1.807, 2.05) is 30.3 Å². The van der Waals surface area contributed by atoms with Crippen molar-refractivity contribution in [3.05, 3.63) is 60.2 Å². The van der Waals surface area contributed by atoms with Crippen LogP contribution in [-0.4, -0.2) is 38.4 Å². The summed E-state index contributed by atoms with van der Waals surface area (Å²) in [5, 5.41) is 2.94. The summed E-state index contributed by atoms with van der Waals surface area (Å²) < 4.78 is 27.0. The van der Waals surface area contributed by atoms with Gasteiger partial charge in [0.1, 0.15) is 6.04 Å².